The van der Waals surface area contributed by atoms with Gasteiger partial charge in [0, 0.05) is 18.5 Å². The Kier molecular flexibility index (Phi) is 5.90. The monoisotopic (exact) mass is 407 g/mol. The highest BCUT2D eigenvalue weighted by molar-refractivity contribution is 7.99. The van der Waals surface area contributed by atoms with E-state index in [9.17, 15) is 4.79 Å². The van der Waals surface area contributed by atoms with Gasteiger partial charge in [0.15, 0.2) is 0 Å². The molecular weight excluding hydrogens is 386 g/mol. The quantitative estimate of drug-likeness (QED) is 0.428. The second kappa shape index (κ2) is 8.91. The van der Waals surface area contributed by atoms with Crippen LogP contribution in [0.5, 0.6) is 0 Å². The Balaban J connectivity index is 1.25. The third-order valence-electron chi connectivity index (χ3n) is 4.44. The predicted molar refractivity (Wildman–Crippen MR) is 113 cm³/mol. The Labute approximate surface area is 172 Å². The summed E-state index contributed by atoms with van der Waals surface area (Å²) in [5.74, 6) is 1.51. The van der Waals surface area contributed by atoms with Gasteiger partial charge in [-0.05, 0) is 36.2 Å². The van der Waals surface area contributed by atoms with E-state index in [1.165, 1.54) is 17.3 Å². The van der Waals surface area contributed by atoms with Crippen LogP contribution in [-0.4, -0.2) is 31.8 Å². The number of aromatic nitrogens is 4. The molecule has 0 radical (unpaired) electrons. The second-order valence-electron chi connectivity index (χ2n) is 6.55. The number of H-pyrrole nitrogens is 1. The van der Waals surface area contributed by atoms with Gasteiger partial charge in [-0.3, -0.25) is 4.79 Å². The maximum Gasteiger partial charge on any atom is 0.277 e. The summed E-state index contributed by atoms with van der Waals surface area (Å²) in [5, 5.41) is 11.3. The summed E-state index contributed by atoms with van der Waals surface area (Å²) in [6.07, 6.45) is 2.23. The number of carbonyl (C=O) groups excluding carboxylic acids is 1. The molecule has 0 atom stereocenters. The normalized spacial score (nSPS) is 11.1. The summed E-state index contributed by atoms with van der Waals surface area (Å²) < 4.78 is 5.63. The zero-order valence-electron chi connectivity index (χ0n) is 16.0. The summed E-state index contributed by atoms with van der Waals surface area (Å²) in [6.45, 7) is 2.10. The lowest BCUT2D eigenvalue weighted by atomic mass is 10.1. The number of fused-ring (bicyclic) bond motifs is 1. The third-order valence-corrected chi connectivity index (χ3v) is 5.25. The van der Waals surface area contributed by atoms with E-state index in [4.69, 9.17) is 4.42 Å². The molecule has 1 amide bonds. The summed E-state index contributed by atoms with van der Waals surface area (Å²) in [4.78, 5) is 19.9. The van der Waals surface area contributed by atoms with Crippen molar-refractivity contribution in [2.45, 2.75) is 31.4 Å². The minimum absolute atomic E-state index is 0.110. The average Bonchev–Trinajstić information content (AvgIpc) is 3.37. The number of benzene rings is 2. The average molecular weight is 407 g/mol. The zero-order chi connectivity index (χ0) is 20.1. The number of aromatic amines is 1. The van der Waals surface area contributed by atoms with Crippen molar-refractivity contribution < 1.29 is 9.21 Å². The molecule has 0 saturated heterocycles. The number of carbonyl (C=O) groups is 1. The van der Waals surface area contributed by atoms with Crippen LogP contribution in [0.4, 0.5) is 5.69 Å². The fourth-order valence-corrected chi connectivity index (χ4v) is 3.48. The largest absolute Gasteiger partial charge is 0.416 e. The molecule has 29 heavy (non-hydrogen) atoms. The third kappa shape index (κ3) is 5.03. The highest BCUT2D eigenvalue weighted by Crippen LogP contribution is 2.18. The van der Waals surface area contributed by atoms with Crippen LogP contribution in [0, 0.1) is 0 Å². The number of hydrogen-bond donors (Lipinski definition) is 2. The van der Waals surface area contributed by atoms with Crippen LogP contribution in [0.3, 0.4) is 0 Å². The first-order valence-electron chi connectivity index (χ1n) is 9.47. The van der Waals surface area contributed by atoms with E-state index in [-0.39, 0.29) is 11.7 Å². The molecule has 0 spiro atoms. The molecule has 0 fully saturated rings. The Hall–Kier alpha value is -3.13. The molecule has 4 aromatic rings. The number of thioether (sulfide) groups is 1. The molecule has 7 nitrogen and oxygen atoms in total. The topological polar surface area (TPSA) is 96.7 Å². The summed E-state index contributed by atoms with van der Waals surface area (Å²) in [5.41, 5.74) is 3.97. The van der Waals surface area contributed by atoms with Crippen molar-refractivity contribution in [3.05, 3.63) is 65.8 Å². The maximum atomic E-state index is 12.1. The highest BCUT2D eigenvalue weighted by Gasteiger charge is 2.11. The summed E-state index contributed by atoms with van der Waals surface area (Å²) in [7, 11) is 0. The van der Waals surface area contributed by atoms with E-state index in [1.54, 1.807) is 0 Å². The van der Waals surface area contributed by atoms with Crippen LogP contribution in [0.1, 0.15) is 24.2 Å². The number of para-hydroxylation sites is 2. The van der Waals surface area contributed by atoms with Crippen molar-refractivity contribution >= 4 is 34.4 Å². The van der Waals surface area contributed by atoms with Crippen molar-refractivity contribution in [2.75, 3.05) is 11.1 Å². The van der Waals surface area contributed by atoms with Crippen LogP contribution >= 0.6 is 11.8 Å². The number of nitrogens with one attached hydrogen (secondary N) is 2. The molecule has 0 aliphatic heterocycles. The van der Waals surface area contributed by atoms with Crippen LogP contribution in [0.25, 0.3) is 11.0 Å². The summed E-state index contributed by atoms with van der Waals surface area (Å²) in [6, 6.07) is 15.7. The maximum absolute atomic E-state index is 12.1. The molecule has 2 heterocycles. The predicted octanol–water partition coefficient (Wildman–Crippen LogP) is 4.02. The van der Waals surface area contributed by atoms with Gasteiger partial charge >= 0.3 is 0 Å². The number of nitrogens with zero attached hydrogens (tertiary/aromatic N) is 3. The minimum Gasteiger partial charge on any atom is -0.416 e. The van der Waals surface area contributed by atoms with E-state index in [0.717, 1.165) is 29.0 Å². The van der Waals surface area contributed by atoms with Gasteiger partial charge in [-0.1, -0.05) is 43.0 Å². The molecule has 8 heteroatoms. The fourth-order valence-electron chi connectivity index (χ4n) is 2.90. The van der Waals surface area contributed by atoms with Gasteiger partial charge in [-0.15, -0.1) is 10.2 Å². The van der Waals surface area contributed by atoms with Crippen molar-refractivity contribution in [2.24, 2.45) is 0 Å². The van der Waals surface area contributed by atoms with Crippen molar-refractivity contribution in [3.8, 4) is 0 Å². The molecule has 2 aromatic heterocycles. The number of imidazole rings is 1. The fraction of sp³-hybridized carbons (Fsp3) is 0.238. The van der Waals surface area contributed by atoms with E-state index in [0.29, 0.717) is 24.0 Å². The van der Waals surface area contributed by atoms with Gasteiger partial charge in [-0.2, -0.15) is 0 Å². The second-order valence-corrected chi connectivity index (χ2v) is 7.48. The Morgan fingerprint density at radius 3 is 2.72 bits per heavy atom. The molecule has 0 saturated carbocycles. The molecule has 2 N–H and O–H groups in total. The van der Waals surface area contributed by atoms with Crippen LogP contribution in [0.15, 0.2) is 58.2 Å². The number of anilines is 1. The standard InChI is InChI=1S/C21H21N5O2S/c1-2-14-7-9-15(10-8-14)22-19(27)13-29-21-26-25-20(28-21)12-11-18-23-16-5-3-4-6-17(16)24-18/h3-10H,2,11-13H2,1H3,(H,22,27)(H,23,24). The first-order chi connectivity index (χ1) is 14.2. The first kappa shape index (κ1) is 19.2. The Bertz CT molecular complexity index is 1070. The number of amides is 1. The molecule has 0 bridgehead atoms. The molecule has 0 aliphatic carbocycles. The lowest BCUT2D eigenvalue weighted by Gasteiger charge is -2.04. The van der Waals surface area contributed by atoms with Crippen LogP contribution in [0.2, 0.25) is 0 Å². The molecule has 148 valence electrons. The summed E-state index contributed by atoms with van der Waals surface area (Å²) >= 11 is 1.23. The number of rotatable bonds is 8. The Morgan fingerprint density at radius 2 is 1.93 bits per heavy atom. The van der Waals surface area contributed by atoms with E-state index >= 15 is 0 Å². The van der Waals surface area contributed by atoms with Crippen molar-refractivity contribution in [1.29, 1.82) is 0 Å². The zero-order valence-corrected chi connectivity index (χ0v) is 16.8. The van der Waals surface area contributed by atoms with E-state index < -0.39 is 0 Å². The lowest BCUT2D eigenvalue weighted by Crippen LogP contribution is -2.13. The highest BCUT2D eigenvalue weighted by atomic mass is 32.2. The van der Waals surface area contributed by atoms with Gasteiger partial charge in [0.2, 0.25) is 11.8 Å². The van der Waals surface area contributed by atoms with E-state index in [2.05, 4.69) is 32.4 Å². The molecular formula is C21H21N5O2S. The van der Waals surface area contributed by atoms with Crippen LogP contribution < -0.4 is 5.32 Å². The molecule has 0 aliphatic rings. The number of aryl methyl sites for hydroxylation is 3. The molecule has 0 unspecified atom stereocenters. The number of hydrogen-bond acceptors (Lipinski definition) is 6. The van der Waals surface area contributed by atoms with Gasteiger partial charge in [-0.25, -0.2) is 4.98 Å². The van der Waals surface area contributed by atoms with Gasteiger partial charge in [0.1, 0.15) is 5.82 Å². The smallest absolute Gasteiger partial charge is 0.277 e. The Morgan fingerprint density at radius 1 is 1.10 bits per heavy atom. The lowest BCUT2D eigenvalue weighted by molar-refractivity contribution is -0.113. The van der Waals surface area contributed by atoms with Gasteiger partial charge < -0.3 is 14.7 Å². The van der Waals surface area contributed by atoms with Crippen molar-refractivity contribution in [1.82, 2.24) is 20.2 Å². The van der Waals surface area contributed by atoms with Gasteiger partial charge in [0.25, 0.3) is 5.22 Å². The van der Waals surface area contributed by atoms with Crippen LogP contribution in [-0.2, 0) is 24.1 Å². The van der Waals surface area contributed by atoms with Gasteiger partial charge in [0.05, 0.1) is 16.8 Å². The first-order valence-corrected chi connectivity index (χ1v) is 10.5. The SMILES string of the molecule is CCc1ccc(NC(=O)CSc2nnc(CCc3nc4ccccc4[nH]3)o2)cc1. The molecule has 4 rings (SSSR count). The molecule has 2 aromatic carbocycles. The van der Waals surface area contributed by atoms with Crippen molar-refractivity contribution in [3.63, 3.8) is 0 Å². The minimum atomic E-state index is -0.110. The van der Waals surface area contributed by atoms with E-state index in [1.807, 2.05) is 48.5 Å².